The van der Waals surface area contributed by atoms with Crippen LogP contribution in [0.4, 0.5) is 0 Å². The fourth-order valence-corrected chi connectivity index (χ4v) is 4.40. The van der Waals surface area contributed by atoms with Gasteiger partial charge in [-0.3, -0.25) is 4.79 Å². The first-order chi connectivity index (χ1) is 11.4. The Morgan fingerprint density at radius 2 is 2.00 bits per heavy atom. The van der Waals surface area contributed by atoms with Gasteiger partial charge < -0.3 is 5.32 Å². The molecule has 1 N–H and O–H groups in total. The lowest BCUT2D eigenvalue weighted by Gasteiger charge is -2.30. The van der Waals surface area contributed by atoms with Crippen LogP contribution in [0.2, 0.25) is 0 Å². The molecule has 1 amide bonds. The van der Waals surface area contributed by atoms with Crippen molar-refractivity contribution in [2.45, 2.75) is 75.5 Å². The Morgan fingerprint density at radius 1 is 1.29 bits per heavy atom. The summed E-state index contributed by atoms with van der Waals surface area (Å²) in [5.74, 6) is -0.00663. The minimum Gasteiger partial charge on any atom is -0.352 e. The van der Waals surface area contributed by atoms with Crippen molar-refractivity contribution in [1.82, 2.24) is 25.5 Å². The molecule has 0 saturated heterocycles. The number of rotatable bonds is 6. The van der Waals surface area contributed by atoms with Gasteiger partial charge >= 0.3 is 0 Å². The Labute approximate surface area is 142 Å². The molecule has 1 heterocycles. The molecular weight excluding hydrogens is 330 g/mol. The predicted octanol–water partition coefficient (Wildman–Crippen LogP) is 1.01. The number of nitrogens with zero attached hydrogens (tertiary/aromatic N) is 4. The van der Waals surface area contributed by atoms with Gasteiger partial charge in [-0.05, 0) is 49.0 Å². The van der Waals surface area contributed by atoms with Crippen LogP contribution in [0.3, 0.4) is 0 Å². The van der Waals surface area contributed by atoms with Gasteiger partial charge in [-0.1, -0.05) is 19.8 Å². The minimum atomic E-state index is -3.65. The topological polar surface area (TPSA) is 107 Å². The van der Waals surface area contributed by atoms with Crippen molar-refractivity contribution in [1.29, 1.82) is 0 Å². The number of carbonyl (C=O) groups excluding carboxylic acids is 1. The average molecular weight is 355 g/mol. The van der Waals surface area contributed by atoms with Crippen molar-refractivity contribution in [2.75, 3.05) is 0 Å². The molecule has 0 bridgehead atoms. The third kappa shape index (κ3) is 3.76. The number of nitrogens with one attached hydrogen (secondary N) is 1. The molecule has 134 valence electrons. The van der Waals surface area contributed by atoms with E-state index in [1.807, 2.05) is 0 Å². The van der Waals surface area contributed by atoms with E-state index >= 15 is 0 Å². The van der Waals surface area contributed by atoms with Gasteiger partial charge in [0, 0.05) is 6.04 Å². The Bertz CT molecular complexity index is 698. The molecule has 0 aromatic carbocycles. The molecule has 1 aromatic rings. The molecule has 2 saturated carbocycles. The summed E-state index contributed by atoms with van der Waals surface area (Å²) in [5.41, 5.74) is 0. The lowest BCUT2D eigenvalue weighted by Crippen LogP contribution is -2.47. The molecule has 0 unspecified atom stereocenters. The van der Waals surface area contributed by atoms with Gasteiger partial charge in [0.2, 0.25) is 5.91 Å². The van der Waals surface area contributed by atoms with Crippen LogP contribution in [0.5, 0.6) is 0 Å². The maximum atomic E-state index is 12.6. The van der Waals surface area contributed by atoms with Gasteiger partial charge in [0.05, 0.1) is 6.04 Å². The van der Waals surface area contributed by atoms with E-state index in [4.69, 9.17) is 0 Å². The molecule has 0 radical (unpaired) electrons. The van der Waals surface area contributed by atoms with Crippen LogP contribution < -0.4 is 5.32 Å². The van der Waals surface area contributed by atoms with Crippen LogP contribution >= 0.6 is 0 Å². The van der Waals surface area contributed by atoms with Gasteiger partial charge in [0.15, 0.2) is 15.7 Å². The maximum absolute atomic E-state index is 12.6. The highest BCUT2D eigenvalue weighted by molar-refractivity contribution is 7.92. The minimum absolute atomic E-state index is 0.0701. The summed E-state index contributed by atoms with van der Waals surface area (Å²) in [5, 5.41) is 13.1. The number of tetrazole rings is 1. The van der Waals surface area contributed by atoms with Gasteiger partial charge in [0.25, 0.3) is 0 Å². The van der Waals surface area contributed by atoms with Gasteiger partial charge in [-0.25, -0.2) is 13.1 Å². The monoisotopic (exact) mass is 355 g/mol. The molecule has 3 atom stereocenters. The smallest absolute Gasteiger partial charge is 0.238 e. The van der Waals surface area contributed by atoms with Gasteiger partial charge in [-0.2, -0.15) is 0 Å². The van der Waals surface area contributed by atoms with E-state index < -0.39 is 21.0 Å². The van der Waals surface area contributed by atoms with E-state index in [1.54, 1.807) is 4.68 Å². The Balaban J connectivity index is 1.64. The Hall–Kier alpha value is -1.51. The van der Waals surface area contributed by atoms with Crippen LogP contribution in [0, 0.1) is 5.92 Å². The third-order valence-electron chi connectivity index (χ3n) is 5.13. The highest BCUT2D eigenvalue weighted by Crippen LogP contribution is 2.34. The summed E-state index contributed by atoms with van der Waals surface area (Å²) >= 11 is 0. The van der Waals surface area contributed by atoms with Crippen LogP contribution in [-0.2, 0) is 20.4 Å². The normalized spacial score (nSPS) is 26.1. The van der Waals surface area contributed by atoms with E-state index in [9.17, 15) is 13.2 Å². The molecule has 9 heteroatoms. The molecule has 8 nitrogen and oxygen atoms in total. The second-order valence-corrected chi connectivity index (χ2v) is 9.42. The molecule has 0 spiro atoms. The lowest BCUT2D eigenvalue weighted by atomic mass is 9.86. The zero-order valence-electron chi connectivity index (χ0n) is 14.2. The highest BCUT2D eigenvalue weighted by Gasteiger charge is 2.35. The predicted molar refractivity (Wildman–Crippen MR) is 87.7 cm³/mol. The molecule has 3 rings (SSSR count). The standard InChI is InChI=1S/C15H25N5O3S/c1-10-5-3-4-6-13(10)16-15(21)11(2)24(22,23)9-14-17-18-19-20(14)12-7-8-12/h10-13H,3-9H2,1-2H3,(H,16,21)/t10-,11-,13+/m1/s1. The summed E-state index contributed by atoms with van der Waals surface area (Å²) in [4.78, 5) is 12.4. The maximum Gasteiger partial charge on any atom is 0.238 e. The quantitative estimate of drug-likeness (QED) is 0.816. The van der Waals surface area contributed by atoms with E-state index in [0.29, 0.717) is 11.7 Å². The van der Waals surface area contributed by atoms with Crippen molar-refractivity contribution in [3.63, 3.8) is 0 Å². The van der Waals surface area contributed by atoms with E-state index in [1.165, 1.54) is 13.3 Å². The highest BCUT2D eigenvalue weighted by atomic mass is 32.2. The second kappa shape index (κ2) is 6.78. The second-order valence-electron chi connectivity index (χ2n) is 7.10. The first-order valence-electron chi connectivity index (χ1n) is 8.67. The Kier molecular flexibility index (Phi) is 4.89. The fourth-order valence-electron chi connectivity index (χ4n) is 3.21. The summed E-state index contributed by atoms with van der Waals surface area (Å²) in [7, 11) is -3.65. The molecule has 1 aromatic heterocycles. The largest absolute Gasteiger partial charge is 0.352 e. The molecule has 24 heavy (non-hydrogen) atoms. The van der Waals surface area contributed by atoms with Crippen molar-refractivity contribution in [2.24, 2.45) is 5.92 Å². The van der Waals surface area contributed by atoms with E-state index in [-0.39, 0.29) is 17.8 Å². The molecule has 0 aliphatic heterocycles. The molecular formula is C15H25N5O3S. The molecule has 2 aliphatic rings. The van der Waals surface area contributed by atoms with Crippen molar-refractivity contribution in [3.8, 4) is 0 Å². The number of sulfone groups is 1. The van der Waals surface area contributed by atoms with Gasteiger partial charge in [0.1, 0.15) is 11.0 Å². The van der Waals surface area contributed by atoms with Crippen LogP contribution in [0.15, 0.2) is 0 Å². The van der Waals surface area contributed by atoms with E-state index in [0.717, 1.165) is 32.1 Å². The zero-order valence-corrected chi connectivity index (χ0v) is 15.0. The number of hydrogen-bond acceptors (Lipinski definition) is 6. The van der Waals surface area contributed by atoms with Crippen molar-refractivity contribution < 1.29 is 13.2 Å². The van der Waals surface area contributed by atoms with Crippen molar-refractivity contribution >= 4 is 15.7 Å². The first kappa shape index (κ1) is 17.3. The summed E-state index contributed by atoms with van der Waals surface area (Å²) in [6, 6.07) is 0.276. The summed E-state index contributed by atoms with van der Waals surface area (Å²) in [6.07, 6.45) is 6.17. The lowest BCUT2D eigenvalue weighted by molar-refractivity contribution is -0.121. The number of aromatic nitrogens is 4. The molecule has 2 fully saturated rings. The van der Waals surface area contributed by atoms with Gasteiger partial charge in [-0.15, -0.1) is 5.10 Å². The number of hydrogen-bond donors (Lipinski definition) is 1. The Morgan fingerprint density at radius 3 is 2.67 bits per heavy atom. The van der Waals surface area contributed by atoms with Crippen molar-refractivity contribution in [3.05, 3.63) is 5.82 Å². The van der Waals surface area contributed by atoms with E-state index in [2.05, 4.69) is 27.8 Å². The summed E-state index contributed by atoms with van der Waals surface area (Å²) < 4.78 is 26.8. The summed E-state index contributed by atoms with van der Waals surface area (Å²) in [6.45, 7) is 3.55. The van der Waals surface area contributed by atoms with Crippen LogP contribution in [0.25, 0.3) is 0 Å². The fraction of sp³-hybridized carbons (Fsp3) is 0.867. The molecule has 2 aliphatic carbocycles. The van der Waals surface area contributed by atoms with Crippen LogP contribution in [-0.4, -0.2) is 45.8 Å². The number of carbonyl (C=O) groups is 1. The first-order valence-corrected chi connectivity index (χ1v) is 10.4. The third-order valence-corrected chi connectivity index (χ3v) is 7.08. The zero-order chi connectivity index (χ0) is 17.3. The average Bonchev–Trinajstić information content (AvgIpc) is 3.29. The number of amides is 1. The van der Waals surface area contributed by atoms with Crippen LogP contribution in [0.1, 0.15) is 64.2 Å². The SMILES string of the molecule is C[C@@H]1CCCC[C@@H]1NC(=O)[C@@H](C)S(=O)(=O)Cc1nnnn1C1CC1.